The molecular weight excluding hydrogens is 316 g/mol. The van der Waals surface area contributed by atoms with Gasteiger partial charge in [0, 0.05) is 36.1 Å². The van der Waals surface area contributed by atoms with E-state index in [9.17, 15) is 4.79 Å². The molecule has 3 nitrogen and oxygen atoms in total. The van der Waals surface area contributed by atoms with Gasteiger partial charge in [-0.2, -0.15) is 0 Å². The van der Waals surface area contributed by atoms with Gasteiger partial charge in [0.2, 0.25) is 0 Å². The second-order valence-electron chi connectivity index (χ2n) is 6.28. The molecule has 1 heterocycles. The largest absolute Gasteiger partial charge is 0.378 e. The Labute approximate surface area is 146 Å². The average molecular weight is 338 g/mol. The highest BCUT2D eigenvalue weighted by atomic mass is 32.1. The lowest BCUT2D eigenvalue weighted by Crippen LogP contribution is -2.34. The van der Waals surface area contributed by atoms with Gasteiger partial charge in [-0.15, -0.1) is 11.3 Å². The lowest BCUT2D eigenvalue weighted by Gasteiger charge is -2.16. The molecule has 2 aromatic carbocycles. The molecule has 1 atom stereocenters. The Morgan fingerprint density at radius 1 is 1.17 bits per heavy atom. The van der Waals surface area contributed by atoms with Gasteiger partial charge in [0.25, 0.3) is 5.91 Å². The molecule has 4 heteroatoms. The topological polar surface area (TPSA) is 32.3 Å². The molecule has 0 aliphatic heterocycles. The van der Waals surface area contributed by atoms with Crippen LogP contribution in [0.2, 0.25) is 0 Å². The fourth-order valence-electron chi connectivity index (χ4n) is 2.80. The van der Waals surface area contributed by atoms with Crippen LogP contribution in [0.25, 0.3) is 10.1 Å². The molecule has 1 N–H and O–H groups in total. The minimum atomic E-state index is -0.0225. The molecule has 0 saturated carbocycles. The first kappa shape index (κ1) is 16.5. The predicted octanol–water partition coefficient (Wildman–Crippen LogP) is 4.33. The highest BCUT2D eigenvalue weighted by Crippen LogP contribution is 2.26. The summed E-state index contributed by atoms with van der Waals surface area (Å²) in [7, 11) is 3.95. The fraction of sp³-hybridized carbons (Fsp3) is 0.250. The van der Waals surface area contributed by atoms with Crippen LogP contribution < -0.4 is 10.2 Å². The average Bonchev–Trinajstić information content (AvgIpc) is 2.98. The number of thiophene rings is 1. The van der Waals surface area contributed by atoms with Crippen molar-refractivity contribution >= 4 is 33.0 Å². The summed E-state index contributed by atoms with van der Waals surface area (Å²) in [5.41, 5.74) is 3.02. The maximum Gasteiger partial charge on any atom is 0.251 e. The van der Waals surface area contributed by atoms with Crippen LogP contribution in [-0.4, -0.2) is 26.0 Å². The van der Waals surface area contributed by atoms with Gasteiger partial charge in [0.05, 0.1) is 0 Å². The van der Waals surface area contributed by atoms with E-state index >= 15 is 0 Å². The molecular formula is C20H22N2OS. The van der Waals surface area contributed by atoms with E-state index in [0.29, 0.717) is 5.56 Å². The molecule has 0 spiro atoms. The number of nitrogens with zero attached hydrogens (tertiary/aromatic N) is 1. The van der Waals surface area contributed by atoms with Crippen LogP contribution in [-0.2, 0) is 6.42 Å². The number of rotatable bonds is 5. The van der Waals surface area contributed by atoms with Crippen LogP contribution in [0.3, 0.4) is 0 Å². The highest BCUT2D eigenvalue weighted by Gasteiger charge is 2.13. The Morgan fingerprint density at radius 2 is 1.96 bits per heavy atom. The predicted molar refractivity (Wildman–Crippen MR) is 103 cm³/mol. The molecule has 3 aromatic rings. The van der Waals surface area contributed by atoms with Crippen LogP contribution in [0.1, 0.15) is 22.8 Å². The van der Waals surface area contributed by atoms with Crippen molar-refractivity contribution in [2.75, 3.05) is 19.0 Å². The molecule has 0 saturated heterocycles. The first-order valence-electron chi connectivity index (χ1n) is 8.08. The van der Waals surface area contributed by atoms with Gasteiger partial charge in [0.15, 0.2) is 0 Å². The van der Waals surface area contributed by atoms with Gasteiger partial charge in [-0.05, 0) is 53.9 Å². The van der Waals surface area contributed by atoms with Crippen LogP contribution in [0.4, 0.5) is 5.69 Å². The molecule has 0 bridgehead atoms. The molecule has 1 unspecified atom stereocenters. The summed E-state index contributed by atoms with van der Waals surface area (Å²) in [6.45, 7) is 2.06. The number of carbonyl (C=O) groups is 1. The van der Waals surface area contributed by atoms with E-state index in [-0.39, 0.29) is 11.9 Å². The molecule has 1 amide bonds. The van der Waals surface area contributed by atoms with Crippen molar-refractivity contribution < 1.29 is 4.79 Å². The lowest BCUT2D eigenvalue weighted by molar-refractivity contribution is 0.0940. The van der Waals surface area contributed by atoms with Crippen molar-refractivity contribution in [1.82, 2.24) is 5.32 Å². The quantitative estimate of drug-likeness (QED) is 0.751. The number of nitrogens with one attached hydrogen (secondary N) is 1. The molecule has 0 aliphatic rings. The van der Waals surface area contributed by atoms with Crippen LogP contribution in [0, 0.1) is 0 Å². The molecule has 3 rings (SSSR count). The summed E-state index contributed by atoms with van der Waals surface area (Å²) in [6, 6.07) is 16.2. The number of carbonyl (C=O) groups excluding carboxylic acids is 1. The summed E-state index contributed by atoms with van der Waals surface area (Å²) >= 11 is 1.76. The summed E-state index contributed by atoms with van der Waals surface area (Å²) < 4.78 is 1.30. The van der Waals surface area contributed by atoms with Crippen LogP contribution in [0.5, 0.6) is 0 Å². The molecule has 124 valence electrons. The third-order valence-electron chi connectivity index (χ3n) is 4.09. The monoisotopic (exact) mass is 338 g/mol. The van der Waals surface area contributed by atoms with E-state index in [1.165, 1.54) is 15.6 Å². The second kappa shape index (κ2) is 7.05. The van der Waals surface area contributed by atoms with Gasteiger partial charge in [0.1, 0.15) is 0 Å². The number of hydrogen-bond donors (Lipinski definition) is 1. The maximum absolute atomic E-state index is 12.5. The van der Waals surface area contributed by atoms with E-state index in [4.69, 9.17) is 0 Å². The number of amides is 1. The molecule has 0 aliphatic carbocycles. The number of fused-ring (bicyclic) bond motifs is 1. The zero-order chi connectivity index (χ0) is 17.1. The van der Waals surface area contributed by atoms with Crippen molar-refractivity contribution in [3.05, 3.63) is 65.0 Å². The van der Waals surface area contributed by atoms with Crippen molar-refractivity contribution in [1.29, 1.82) is 0 Å². The van der Waals surface area contributed by atoms with Gasteiger partial charge in [-0.25, -0.2) is 0 Å². The highest BCUT2D eigenvalue weighted by molar-refractivity contribution is 7.17. The molecule has 0 radical (unpaired) electrons. The Bertz CT molecular complexity index is 853. The van der Waals surface area contributed by atoms with Crippen molar-refractivity contribution in [3.63, 3.8) is 0 Å². The Hall–Kier alpha value is -2.33. The van der Waals surface area contributed by atoms with Crippen molar-refractivity contribution in [2.24, 2.45) is 0 Å². The minimum absolute atomic E-state index is 0.0225. The molecule has 1 aromatic heterocycles. The normalized spacial score (nSPS) is 12.1. The standard InChI is InChI=1S/C20H22N2OS/c1-14(11-16-13-24-19-10-5-4-9-18(16)19)21-20(23)15-7-6-8-17(12-15)22(2)3/h4-10,12-14H,11H2,1-3H3,(H,21,23). The summed E-state index contributed by atoms with van der Waals surface area (Å²) in [4.78, 5) is 14.5. The smallest absolute Gasteiger partial charge is 0.251 e. The van der Waals surface area contributed by atoms with Gasteiger partial charge < -0.3 is 10.2 Å². The Balaban J connectivity index is 1.69. The molecule has 0 fully saturated rings. The first-order chi connectivity index (χ1) is 11.5. The third-order valence-corrected chi connectivity index (χ3v) is 5.10. The Morgan fingerprint density at radius 3 is 2.75 bits per heavy atom. The van der Waals surface area contributed by atoms with E-state index in [1.807, 2.05) is 43.3 Å². The van der Waals surface area contributed by atoms with Crippen LogP contribution >= 0.6 is 11.3 Å². The van der Waals surface area contributed by atoms with Crippen molar-refractivity contribution in [3.8, 4) is 0 Å². The number of hydrogen-bond acceptors (Lipinski definition) is 3. The van der Waals surface area contributed by atoms with E-state index in [2.05, 4.69) is 41.9 Å². The van der Waals surface area contributed by atoms with Gasteiger partial charge in [-0.3, -0.25) is 4.79 Å². The zero-order valence-electron chi connectivity index (χ0n) is 14.2. The summed E-state index contributed by atoms with van der Waals surface area (Å²) in [5, 5.41) is 6.60. The minimum Gasteiger partial charge on any atom is -0.378 e. The van der Waals surface area contributed by atoms with Crippen molar-refractivity contribution in [2.45, 2.75) is 19.4 Å². The summed E-state index contributed by atoms with van der Waals surface area (Å²) in [6.07, 6.45) is 0.836. The third kappa shape index (κ3) is 3.60. The first-order valence-corrected chi connectivity index (χ1v) is 8.96. The second-order valence-corrected chi connectivity index (χ2v) is 7.19. The SMILES string of the molecule is CC(Cc1csc2ccccc12)NC(=O)c1cccc(N(C)C)c1. The van der Waals surface area contributed by atoms with E-state index < -0.39 is 0 Å². The number of benzene rings is 2. The fourth-order valence-corrected chi connectivity index (χ4v) is 3.78. The number of anilines is 1. The van der Waals surface area contributed by atoms with Crippen LogP contribution in [0.15, 0.2) is 53.9 Å². The zero-order valence-corrected chi connectivity index (χ0v) is 15.1. The van der Waals surface area contributed by atoms with E-state index in [1.54, 1.807) is 11.3 Å². The maximum atomic E-state index is 12.5. The van der Waals surface area contributed by atoms with Gasteiger partial charge >= 0.3 is 0 Å². The summed E-state index contributed by atoms with van der Waals surface area (Å²) in [5.74, 6) is -0.0225. The van der Waals surface area contributed by atoms with E-state index in [0.717, 1.165) is 12.1 Å². The molecule has 24 heavy (non-hydrogen) atoms. The lowest BCUT2D eigenvalue weighted by atomic mass is 10.1. The van der Waals surface area contributed by atoms with Gasteiger partial charge in [-0.1, -0.05) is 24.3 Å². The Kier molecular flexibility index (Phi) is 4.86.